The summed E-state index contributed by atoms with van der Waals surface area (Å²) in [5, 5.41) is 0.502. The van der Waals surface area contributed by atoms with Gasteiger partial charge in [0.1, 0.15) is 5.82 Å². The van der Waals surface area contributed by atoms with Crippen LogP contribution < -0.4 is 0 Å². The average Bonchev–Trinajstić information content (AvgIpc) is 2.44. The van der Waals surface area contributed by atoms with Crippen molar-refractivity contribution in [2.75, 3.05) is 0 Å². The number of nitrogens with zero attached hydrogens (tertiary/aromatic N) is 2. The molecular weight excluding hydrogens is 212 g/mol. The lowest BCUT2D eigenvalue weighted by molar-refractivity contribution is 0.100. The van der Waals surface area contributed by atoms with Gasteiger partial charge in [0.15, 0.2) is 5.78 Å². The Morgan fingerprint density at radius 3 is 2.73 bits per heavy atom. The number of rotatable bonds is 0. The molecule has 0 aromatic carbocycles. The minimum absolute atomic E-state index is 0.0491. The zero-order chi connectivity index (χ0) is 11.2. The Hall–Kier alpha value is -1.09. The van der Waals surface area contributed by atoms with Gasteiger partial charge in [-0.2, -0.15) is 0 Å². The van der Waals surface area contributed by atoms with Crippen LogP contribution in [0, 0.1) is 0 Å². The van der Waals surface area contributed by atoms with E-state index in [0.29, 0.717) is 22.8 Å². The SMILES string of the molecule is CC(C)(C)n1cc(Cl)c2c1N=CCC2=O. The van der Waals surface area contributed by atoms with Crippen LogP contribution in [0.1, 0.15) is 37.6 Å². The van der Waals surface area contributed by atoms with E-state index in [0.717, 1.165) is 0 Å². The van der Waals surface area contributed by atoms with Crippen LogP contribution in [0.3, 0.4) is 0 Å². The molecule has 2 rings (SSSR count). The van der Waals surface area contributed by atoms with E-state index in [1.165, 1.54) is 0 Å². The number of carbonyl (C=O) groups is 1. The van der Waals surface area contributed by atoms with E-state index in [1.807, 2.05) is 4.57 Å². The lowest BCUT2D eigenvalue weighted by Gasteiger charge is -2.23. The number of Topliss-reactive ketones (excluding diaryl/α,β-unsaturated/α-hetero) is 1. The molecule has 2 heterocycles. The summed E-state index contributed by atoms with van der Waals surface area (Å²) in [6, 6.07) is 0. The van der Waals surface area contributed by atoms with Crippen molar-refractivity contribution in [1.82, 2.24) is 4.57 Å². The second-order valence-corrected chi connectivity index (χ2v) is 5.06. The summed E-state index contributed by atoms with van der Waals surface area (Å²) in [5.41, 5.74) is 0.445. The highest BCUT2D eigenvalue weighted by Crippen LogP contribution is 2.36. The zero-order valence-electron chi connectivity index (χ0n) is 9.04. The molecule has 0 N–H and O–H groups in total. The molecule has 0 bridgehead atoms. The molecule has 0 atom stereocenters. The zero-order valence-corrected chi connectivity index (χ0v) is 9.80. The molecule has 0 radical (unpaired) electrons. The number of aliphatic imine (C=N–C) groups is 1. The van der Waals surface area contributed by atoms with Crippen LogP contribution in [0.2, 0.25) is 5.02 Å². The van der Waals surface area contributed by atoms with Gasteiger partial charge in [0.05, 0.1) is 10.6 Å². The second-order valence-electron chi connectivity index (χ2n) is 4.66. The van der Waals surface area contributed by atoms with E-state index in [9.17, 15) is 4.79 Å². The molecule has 0 fully saturated rings. The predicted octanol–water partition coefficient (Wildman–Crippen LogP) is 3.19. The minimum Gasteiger partial charge on any atom is -0.326 e. The normalized spacial score (nSPS) is 15.6. The van der Waals surface area contributed by atoms with Crippen LogP contribution in [0.25, 0.3) is 0 Å². The molecule has 0 spiro atoms. The molecule has 1 aromatic rings. The lowest BCUT2D eigenvalue weighted by Crippen LogP contribution is -2.21. The van der Waals surface area contributed by atoms with Crippen LogP contribution in [-0.4, -0.2) is 16.6 Å². The summed E-state index contributed by atoms with van der Waals surface area (Å²) in [6.07, 6.45) is 3.77. The number of aromatic nitrogens is 1. The van der Waals surface area contributed by atoms with E-state index in [2.05, 4.69) is 25.8 Å². The van der Waals surface area contributed by atoms with Crippen molar-refractivity contribution >= 4 is 29.4 Å². The van der Waals surface area contributed by atoms with E-state index in [-0.39, 0.29) is 11.3 Å². The maximum atomic E-state index is 11.7. The van der Waals surface area contributed by atoms with Crippen LogP contribution in [0.15, 0.2) is 11.2 Å². The molecule has 0 aliphatic carbocycles. The minimum atomic E-state index is -0.119. The van der Waals surface area contributed by atoms with Crippen molar-refractivity contribution in [3.63, 3.8) is 0 Å². The van der Waals surface area contributed by atoms with Gasteiger partial charge >= 0.3 is 0 Å². The van der Waals surface area contributed by atoms with E-state index < -0.39 is 0 Å². The van der Waals surface area contributed by atoms with E-state index in [4.69, 9.17) is 11.6 Å². The first kappa shape index (κ1) is 10.4. The summed E-state index contributed by atoms with van der Waals surface area (Å²) < 4.78 is 1.94. The molecule has 1 aromatic heterocycles. The fourth-order valence-corrected chi connectivity index (χ4v) is 1.97. The number of carbonyl (C=O) groups excluding carboxylic acids is 1. The van der Waals surface area contributed by atoms with Gasteiger partial charge in [0.2, 0.25) is 0 Å². The van der Waals surface area contributed by atoms with E-state index in [1.54, 1.807) is 12.4 Å². The van der Waals surface area contributed by atoms with Crippen LogP contribution >= 0.6 is 11.6 Å². The lowest BCUT2D eigenvalue weighted by atomic mass is 10.1. The molecule has 15 heavy (non-hydrogen) atoms. The summed E-state index contributed by atoms with van der Waals surface area (Å²) >= 11 is 6.05. The summed E-state index contributed by atoms with van der Waals surface area (Å²) in [7, 11) is 0. The number of fused-ring (bicyclic) bond motifs is 1. The standard InChI is InChI=1S/C11H13ClN2O/c1-11(2,3)14-6-7(12)9-8(15)4-5-13-10(9)14/h5-6H,4H2,1-3H3. The van der Waals surface area contributed by atoms with Crippen LogP contribution in [-0.2, 0) is 5.54 Å². The van der Waals surface area contributed by atoms with Crippen LogP contribution in [0.4, 0.5) is 5.82 Å². The molecule has 0 saturated carbocycles. The number of halogens is 1. The number of hydrogen-bond acceptors (Lipinski definition) is 2. The largest absolute Gasteiger partial charge is 0.326 e. The average molecular weight is 225 g/mol. The third-order valence-electron chi connectivity index (χ3n) is 2.42. The first-order valence-corrected chi connectivity index (χ1v) is 5.26. The summed E-state index contributed by atoms with van der Waals surface area (Å²) in [5.74, 6) is 0.733. The molecule has 1 aliphatic heterocycles. The first-order chi connectivity index (χ1) is 6.91. The van der Waals surface area contributed by atoms with Crippen molar-refractivity contribution in [2.24, 2.45) is 4.99 Å². The Morgan fingerprint density at radius 1 is 1.47 bits per heavy atom. The quantitative estimate of drug-likeness (QED) is 0.667. The Morgan fingerprint density at radius 2 is 2.13 bits per heavy atom. The monoisotopic (exact) mass is 224 g/mol. The highest BCUT2D eigenvalue weighted by atomic mass is 35.5. The molecular formula is C11H13ClN2O. The van der Waals surface area contributed by atoms with Gasteiger partial charge in [0.25, 0.3) is 0 Å². The van der Waals surface area contributed by atoms with Gasteiger partial charge in [0, 0.05) is 24.4 Å². The molecule has 0 saturated heterocycles. The third-order valence-corrected chi connectivity index (χ3v) is 2.71. The van der Waals surface area contributed by atoms with Crippen molar-refractivity contribution in [3.8, 4) is 0 Å². The third kappa shape index (κ3) is 1.61. The van der Waals surface area contributed by atoms with Gasteiger partial charge in [-0.25, -0.2) is 4.99 Å². The number of hydrogen-bond donors (Lipinski definition) is 0. The molecule has 1 aliphatic rings. The number of ketones is 1. The maximum absolute atomic E-state index is 11.7. The fraction of sp³-hybridized carbons (Fsp3) is 0.455. The highest BCUT2D eigenvalue weighted by Gasteiger charge is 2.27. The topological polar surface area (TPSA) is 34.4 Å². The predicted molar refractivity (Wildman–Crippen MR) is 61.5 cm³/mol. The van der Waals surface area contributed by atoms with E-state index >= 15 is 0 Å². The Bertz CT molecular complexity index is 452. The molecule has 4 heteroatoms. The van der Waals surface area contributed by atoms with Crippen molar-refractivity contribution < 1.29 is 4.79 Å². The fourth-order valence-electron chi connectivity index (χ4n) is 1.68. The van der Waals surface area contributed by atoms with Crippen LogP contribution in [0.5, 0.6) is 0 Å². The van der Waals surface area contributed by atoms with Gasteiger partial charge in [-0.3, -0.25) is 4.79 Å². The van der Waals surface area contributed by atoms with Gasteiger partial charge in [-0.15, -0.1) is 0 Å². The van der Waals surface area contributed by atoms with Crippen molar-refractivity contribution in [2.45, 2.75) is 32.7 Å². The van der Waals surface area contributed by atoms with Gasteiger partial charge in [-0.05, 0) is 20.8 Å². The van der Waals surface area contributed by atoms with Gasteiger partial charge in [-0.1, -0.05) is 11.6 Å². The van der Waals surface area contributed by atoms with Crippen molar-refractivity contribution in [3.05, 3.63) is 16.8 Å². The Labute approximate surface area is 93.8 Å². The molecule has 0 unspecified atom stereocenters. The van der Waals surface area contributed by atoms with Gasteiger partial charge < -0.3 is 4.57 Å². The Kier molecular flexibility index (Phi) is 2.23. The summed E-state index contributed by atoms with van der Waals surface area (Å²) in [4.78, 5) is 15.9. The second kappa shape index (κ2) is 3.20. The Balaban J connectivity index is 2.68. The molecule has 80 valence electrons. The highest BCUT2D eigenvalue weighted by molar-refractivity contribution is 6.35. The smallest absolute Gasteiger partial charge is 0.173 e. The first-order valence-electron chi connectivity index (χ1n) is 4.88. The maximum Gasteiger partial charge on any atom is 0.173 e. The molecule has 0 amide bonds. The van der Waals surface area contributed by atoms with Crippen molar-refractivity contribution in [1.29, 1.82) is 0 Å². The summed E-state index contributed by atoms with van der Waals surface area (Å²) in [6.45, 7) is 6.16. The molecule has 3 nitrogen and oxygen atoms in total.